The molecule has 3 amide bonds. The second kappa shape index (κ2) is 19.3. The summed E-state index contributed by atoms with van der Waals surface area (Å²) in [4.78, 5) is 49.6. The van der Waals surface area contributed by atoms with Crippen molar-refractivity contribution in [2.24, 2.45) is 11.8 Å². The molecular weight excluding hydrogens is 534 g/mol. The van der Waals surface area contributed by atoms with Gasteiger partial charge in [-0.05, 0) is 36.7 Å². The normalized spacial score (nSPS) is 17.3. The lowest BCUT2D eigenvalue weighted by molar-refractivity contribution is -0.142. The van der Waals surface area contributed by atoms with Crippen molar-refractivity contribution in [1.82, 2.24) is 16.0 Å². The van der Waals surface area contributed by atoms with E-state index in [0.717, 1.165) is 24.8 Å². The van der Waals surface area contributed by atoms with Crippen molar-refractivity contribution >= 4 is 23.7 Å². The van der Waals surface area contributed by atoms with Crippen molar-refractivity contribution in [3.8, 4) is 0 Å². The number of carbonyl (C=O) groups excluding carboxylic acids is 4. The van der Waals surface area contributed by atoms with Crippen LogP contribution in [0.4, 0.5) is 0 Å². The van der Waals surface area contributed by atoms with Gasteiger partial charge in [0.05, 0.1) is 25.7 Å². The molecule has 0 spiro atoms. The molecule has 0 radical (unpaired) electrons. The van der Waals surface area contributed by atoms with Crippen molar-refractivity contribution in [3.63, 3.8) is 0 Å². The average molecular weight is 588 g/mol. The Morgan fingerprint density at radius 2 is 1.69 bits per heavy atom. The van der Waals surface area contributed by atoms with Crippen LogP contribution in [-0.2, 0) is 30.3 Å². The van der Waals surface area contributed by atoms with Gasteiger partial charge in [0.2, 0.25) is 17.7 Å². The number of ether oxygens (including phenoxy) is 1. The molecule has 42 heavy (non-hydrogen) atoms. The van der Waals surface area contributed by atoms with Gasteiger partial charge in [0.1, 0.15) is 6.04 Å². The highest BCUT2D eigenvalue weighted by molar-refractivity contribution is 5.87. The van der Waals surface area contributed by atoms with E-state index in [1.165, 1.54) is 46.1 Å². The Morgan fingerprint density at radius 3 is 2.31 bits per heavy atom. The lowest BCUT2D eigenvalue weighted by Crippen LogP contribution is -2.53. The summed E-state index contributed by atoms with van der Waals surface area (Å²) in [6.45, 7) is 5.33. The molecule has 0 saturated heterocycles. The second-order valence-electron chi connectivity index (χ2n) is 11.9. The number of rotatable bonds is 18. The number of esters is 1. The molecule has 0 heterocycles. The largest absolute Gasteiger partial charge is 0.469 e. The number of carbonyl (C=O) groups is 4. The fourth-order valence-corrected chi connectivity index (χ4v) is 5.79. The molecule has 2 rings (SSSR count). The summed E-state index contributed by atoms with van der Waals surface area (Å²) < 4.78 is 4.65. The van der Waals surface area contributed by atoms with Crippen LogP contribution in [0.25, 0.3) is 0 Å². The van der Waals surface area contributed by atoms with Gasteiger partial charge in [0.15, 0.2) is 0 Å². The minimum absolute atomic E-state index is 0.0421. The molecule has 9 heteroatoms. The zero-order valence-corrected chi connectivity index (χ0v) is 26.0. The van der Waals surface area contributed by atoms with Gasteiger partial charge in [0.25, 0.3) is 0 Å². The van der Waals surface area contributed by atoms with Crippen LogP contribution >= 0.6 is 0 Å². The second-order valence-corrected chi connectivity index (χ2v) is 11.9. The third-order valence-corrected chi connectivity index (χ3v) is 8.51. The number of methoxy groups -OCH3 is 1. The fraction of sp³-hybridized carbons (Fsp3) is 0.697. The lowest BCUT2D eigenvalue weighted by atomic mass is 9.85. The van der Waals surface area contributed by atoms with E-state index in [2.05, 4.69) is 20.7 Å². The first-order valence-corrected chi connectivity index (χ1v) is 15.8. The molecule has 1 fully saturated rings. The molecule has 9 nitrogen and oxygen atoms in total. The number of hydrogen-bond acceptors (Lipinski definition) is 6. The molecule has 1 saturated carbocycles. The highest BCUT2D eigenvalue weighted by Crippen LogP contribution is 2.28. The van der Waals surface area contributed by atoms with E-state index >= 15 is 0 Å². The van der Waals surface area contributed by atoms with Crippen molar-refractivity contribution in [2.45, 2.75) is 128 Å². The maximum atomic E-state index is 13.4. The maximum absolute atomic E-state index is 13.4. The first kappa shape index (κ1) is 35.3. The molecule has 0 aromatic heterocycles. The van der Waals surface area contributed by atoms with Crippen LogP contribution in [0.5, 0.6) is 0 Å². The van der Waals surface area contributed by atoms with Gasteiger partial charge in [-0.2, -0.15) is 0 Å². The van der Waals surface area contributed by atoms with Crippen molar-refractivity contribution in [2.75, 3.05) is 7.11 Å². The smallest absolute Gasteiger partial charge is 0.306 e. The number of benzene rings is 1. The summed E-state index contributed by atoms with van der Waals surface area (Å²) in [7, 11) is 1.28. The van der Waals surface area contributed by atoms with Gasteiger partial charge in [-0.15, -0.1) is 0 Å². The molecule has 1 aromatic rings. The van der Waals surface area contributed by atoms with E-state index in [9.17, 15) is 24.3 Å². The zero-order chi connectivity index (χ0) is 30.9. The third-order valence-electron chi connectivity index (χ3n) is 8.51. The van der Waals surface area contributed by atoms with E-state index in [1.807, 2.05) is 44.2 Å². The predicted molar refractivity (Wildman–Crippen MR) is 163 cm³/mol. The SMILES string of the molecule is CC[C@H](C)[C@H](NC(C)=O)C(=O)N[C@@H](CCCC1CCCCC1)C[C@H](O)[C@H](Cc1ccccc1)NC(=O)CCC(=O)OC. The van der Waals surface area contributed by atoms with Crippen molar-refractivity contribution in [3.05, 3.63) is 35.9 Å². The summed E-state index contributed by atoms with van der Waals surface area (Å²) in [5.41, 5.74) is 0.954. The molecule has 0 unspecified atom stereocenters. The summed E-state index contributed by atoms with van der Waals surface area (Å²) in [6.07, 6.45) is 9.37. The van der Waals surface area contributed by atoms with Crippen molar-refractivity contribution < 1.29 is 29.0 Å². The van der Waals surface area contributed by atoms with Crippen LogP contribution in [0, 0.1) is 11.8 Å². The predicted octanol–water partition coefficient (Wildman–Crippen LogP) is 4.20. The summed E-state index contributed by atoms with van der Waals surface area (Å²) in [5, 5.41) is 20.3. The monoisotopic (exact) mass is 587 g/mol. The lowest BCUT2D eigenvalue weighted by Gasteiger charge is -2.31. The maximum Gasteiger partial charge on any atom is 0.306 e. The van der Waals surface area contributed by atoms with Crippen LogP contribution in [0.3, 0.4) is 0 Å². The summed E-state index contributed by atoms with van der Waals surface area (Å²) in [6, 6.07) is 7.99. The van der Waals surface area contributed by atoms with Gasteiger partial charge in [0, 0.05) is 19.4 Å². The molecule has 0 bridgehead atoms. The molecule has 4 N–H and O–H groups in total. The molecule has 5 atom stereocenters. The number of nitrogens with one attached hydrogen (secondary N) is 3. The Balaban J connectivity index is 2.18. The van der Waals surface area contributed by atoms with E-state index in [1.54, 1.807) is 0 Å². The number of aliphatic hydroxyl groups is 1. The Bertz CT molecular complexity index is 966. The summed E-state index contributed by atoms with van der Waals surface area (Å²) in [5.74, 6) is -0.686. The zero-order valence-electron chi connectivity index (χ0n) is 26.0. The van der Waals surface area contributed by atoms with Gasteiger partial charge < -0.3 is 25.8 Å². The topological polar surface area (TPSA) is 134 Å². The molecule has 1 aliphatic rings. The van der Waals surface area contributed by atoms with E-state index in [4.69, 9.17) is 0 Å². The van der Waals surface area contributed by atoms with Crippen LogP contribution in [0.1, 0.15) is 103 Å². The third kappa shape index (κ3) is 13.4. The molecular formula is C33H53N3O6. The molecule has 236 valence electrons. The van der Waals surface area contributed by atoms with Crippen LogP contribution in [0.2, 0.25) is 0 Å². The van der Waals surface area contributed by atoms with E-state index in [-0.39, 0.29) is 48.9 Å². The Morgan fingerprint density at radius 1 is 1.00 bits per heavy atom. The van der Waals surface area contributed by atoms with Gasteiger partial charge >= 0.3 is 5.97 Å². The van der Waals surface area contributed by atoms with Crippen LogP contribution in [0.15, 0.2) is 30.3 Å². The fourth-order valence-electron chi connectivity index (χ4n) is 5.79. The first-order chi connectivity index (χ1) is 20.1. The highest BCUT2D eigenvalue weighted by atomic mass is 16.5. The highest BCUT2D eigenvalue weighted by Gasteiger charge is 2.30. The quantitative estimate of drug-likeness (QED) is 0.190. The standard InChI is InChI=1S/C33H53N3O6/c1-5-23(2)32(34-24(3)37)33(41)35-27(18-12-17-25-13-8-6-9-14-25)22-29(38)28(21-26-15-10-7-11-16-26)36-30(39)19-20-31(40)42-4/h7,10-11,15-16,23,25,27-29,32,38H,5-6,8-9,12-14,17-22H2,1-4H3,(H,34,37)(H,35,41)(H,36,39)/t23-,27-,28-,29-,32-/m0/s1. The molecule has 1 aliphatic carbocycles. The van der Waals surface area contributed by atoms with Crippen LogP contribution < -0.4 is 16.0 Å². The van der Waals surface area contributed by atoms with Gasteiger partial charge in [-0.1, -0.05) is 95.5 Å². The van der Waals surface area contributed by atoms with E-state index < -0.39 is 24.2 Å². The number of amides is 3. The number of aliphatic hydroxyl groups excluding tert-OH is 1. The summed E-state index contributed by atoms with van der Waals surface area (Å²) >= 11 is 0. The Hall–Kier alpha value is -2.94. The molecule has 0 aliphatic heterocycles. The van der Waals surface area contributed by atoms with Crippen molar-refractivity contribution in [1.29, 1.82) is 0 Å². The van der Waals surface area contributed by atoms with Gasteiger partial charge in [-0.25, -0.2) is 0 Å². The molecule has 1 aromatic carbocycles. The Labute approximate surface area is 251 Å². The Kier molecular flexibility index (Phi) is 16.2. The first-order valence-electron chi connectivity index (χ1n) is 15.8. The average Bonchev–Trinajstić information content (AvgIpc) is 2.98. The minimum Gasteiger partial charge on any atom is -0.469 e. The van der Waals surface area contributed by atoms with E-state index in [0.29, 0.717) is 18.8 Å². The van der Waals surface area contributed by atoms with Gasteiger partial charge in [-0.3, -0.25) is 19.2 Å². The van der Waals surface area contributed by atoms with Crippen LogP contribution in [-0.4, -0.2) is 60.1 Å². The minimum atomic E-state index is -0.949. The number of hydrogen-bond donors (Lipinski definition) is 4.